The number of aromatic nitrogens is 1. The summed E-state index contributed by atoms with van der Waals surface area (Å²) in [4.78, 5) is 17.2. The molecule has 7 nitrogen and oxygen atoms in total. The first-order chi connectivity index (χ1) is 14.6. The first-order valence-corrected chi connectivity index (χ1v) is 10.6. The van der Waals surface area contributed by atoms with Crippen LogP contribution < -0.4 is 15.8 Å². The zero-order chi connectivity index (χ0) is 21.5. The van der Waals surface area contributed by atoms with Crippen molar-refractivity contribution < 1.29 is 9.53 Å². The van der Waals surface area contributed by atoms with Crippen molar-refractivity contribution in [2.75, 3.05) is 18.6 Å². The molecule has 0 fully saturated rings. The third kappa shape index (κ3) is 4.71. The van der Waals surface area contributed by atoms with Gasteiger partial charge >= 0.3 is 0 Å². The number of ether oxygens (including phenoxy) is 1. The highest BCUT2D eigenvalue weighted by molar-refractivity contribution is 8.00. The molecule has 2 heterocycles. The number of rotatable bonds is 7. The molecular weight excluding hydrogens is 418 g/mol. The summed E-state index contributed by atoms with van der Waals surface area (Å²) in [6.07, 6.45) is 0. The number of anilines is 1. The van der Waals surface area contributed by atoms with Crippen LogP contribution in [-0.2, 0) is 11.3 Å². The van der Waals surface area contributed by atoms with Gasteiger partial charge in [0, 0.05) is 17.0 Å². The Balaban J connectivity index is 1.74. The maximum atomic E-state index is 12.3. The van der Waals surface area contributed by atoms with Crippen LogP contribution >= 0.6 is 23.1 Å². The summed E-state index contributed by atoms with van der Waals surface area (Å²) in [7, 11) is 1.59. The van der Waals surface area contributed by atoms with E-state index in [0.717, 1.165) is 28.0 Å². The van der Waals surface area contributed by atoms with Gasteiger partial charge < -0.3 is 15.8 Å². The summed E-state index contributed by atoms with van der Waals surface area (Å²) in [5, 5.41) is 24.2. The van der Waals surface area contributed by atoms with Gasteiger partial charge in [0.25, 0.3) is 0 Å². The van der Waals surface area contributed by atoms with Crippen molar-refractivity contribution >= 4 is 34.8 Å². The predicted molar refractivity (Wildman–Crippen MR) is 117 cm³/mol. The number of nitrogens with zero attached hydrogens (tertiary/aromatic N) is 3. The highest BCUT2D eigenvalue weighted by Gasteiger charge is 2.21. The van der Waals surface area contributed by atoms with Crippen molar-refractivity contribution in [3.63, 3.8) is 0 Å². The molecular formula is C21H17N5O2S2. The van der Waals surface area contributed by atoms with Crippen LogP contribution in [0.5, 0.6) is 5.75 Å². The van der Waals surface area contributed by atoms with Gasteiger partial charge in [0.15, 0.2) is 0 Å². The van der Waals surface area contributed by atoms with Gasteiger partial charge in [0.2, 0.25) is 5.91 Å². The van der Waals surface area contributed by atoms with Crippen molar-refractivity contribution in [1.82, 2.24) is 10.3 Å². The number of nitrogens with two attached hydrogens (primary N) is 1. The van der Waals surface area contributed by atoms with Crippen LogP contribution in [0, 0.1) is 22.7 Å². The number of thiophene rings is 1. The largest absolute Gasteiger partial charge is 0.497 e. The third-order valence-electron chi connectivity index (χ3n) is 4.17. The number of nitriles is 2. The minimum absolute atomic E-state index is 0.0426. The SMILES string of the molecule is COc1ccc(CNC(=O)CSc2nc(N)c(C#N)c(-c3cccs3)c2C#N)cc1. The quantitative estimate of drug-likeness (QED) is 0.544. The van der Waals surface area contributed by atoms with Crippen LogP contribution in [-0.4, -0.2) is 23.8 Å². The minimum atomic E-state index is -0.206. The van der Waals surface area contributed by atoms with Gasteiger partial charge in [0.1, 0.15) is 34.3 Å². The summed E-state index contributed by atoms with van der Waals surface area (Å²) >= 11 is 2.52. The fourth-order valence-electron chi connectivity index (χ4n) is 2.70. The van der Waals surface area contributed by atoms with Crippen molar-refractivity contribution in [2.24, 2.45) is 0 Å². The molecule has 0 aliphatic rings. The minimum Gasteiger partial charge on any atom is -0.497 e. The predicted octanol–water partition coefficient (Wildman–Crippen LogP) is 3.55. The van der Waals surface area contributed by atoms with Gasteiger partial charge in [-0.3, -0.25) is 4.79 Å². The molecule has 0 aliphatic carbocycles. The molecule has 2 aromatic heterocycles. The molecule has 0 spiro atoms. The summed E-state index contributed by atoms with van der Waals surface area (Å²) in [6.45, 7) is 0.373. The summed E-state index contributed by atoms with van der Waals surface area (Å²) in [5.41, 5.74) is 7.78. The van der Waals surface area contributed by atoms with Gasteiger partial charge in [-0.1, -0.05) is 30.0 Å². The van der Waals surface area contributed by atoms with Gasteiger partial charge in [-0.05, 0) is 29.1 Å². The first kappa shape index (κ1) is 21.2. The van der Waals surface area contributed by atoms with E-state index in [1.54, 1.807) is 7.11 Å². The second-order valence-corrected chi connectivity index (χ2v) is 7.95. The number of nitrogen functional groups attached to an aromatic ring is 1. The maximum Gasteiger partial charge on any atom is 0.230 e. The Bertz CT molecular complexity index is 1130. The molecule has 0 aliphatic heterocycles. The van der Waals surface area contributed by atoms with E-state index in [0.29, 0.717) is 17.1 Å². The number of benzene rings is 1. The van der Waals surface area contributed by atoms with Gasteiger partial charge in [-0.2, -0.15) is 10.5 Å². The summed E-state index contributed by atoms with van der Waals surface area (Å²) in [5.74, 6) is 0.645. The van der Waals surface area contributed by atoms with Crippen LogP contribution in [0.25, 0.3) is 10.4 Å². The van der Waals surface area contributed by atoms with Crippen LogP contribution in [0.3, 0.4) is 0 Å². The topological polar surface area (TPSA) is 125 Å². The molecule has 30 heavy (non-hydrogen) atoms. The van der Waals surface area contributed by atoms with Crippen LogP contribution in [0.1, 0.15) is 16.7 Å². The highest BCUT2D eigenvalue weighted by atomic mass is 32.2. The van der Waals surface area contributed by atoms with Crippen molar-refractivity contribution in [1.29, 1.82) is 10.5 Å². The van der Waals surface area contributed by atoms with E-state index in [1.807, 2.05) is 47.8 Å². The first-order valence-electron chi connectivity index (χ1n) is 8.77. The Kier molecular flexibility index (Phi) is 6.91. The molecule has 0 radical (unpaired) electrons. The standard InChI is InChI=1S/C21H17N5O2S2/c1-28-14-6-4-13(5-7-14)11-25-18(27)12-30-21-16(10-23)19(17-3-2-8-29-17)15(9-22)20(24)26-21/h2-8H,11-12H2,1H3,(H2,24,26)(H,25,27). The lowest BCUT2D eigenvalue weighted by molar-refractivity contribution is -0.118. The lowest BCUT2D eigenvalue weighted by Gasteiger charge is -2.11. The monoisotopic (exact) mass is 435 g/mol. The molecule has 3 rings (SSSR count). The Morgan fingerprint density at radius 3 is 2.57 bits per heavy atom. The lowest BCUT2D eigenvalue weighted by atomic mass is 10.0. The number of methoxy groups -OCH3 is 1. The molecule has 3 aromatic rings. The molecule has 9 heteroatoms. The molecule has 0 saturated carbocycles. The second-order valence-electron chi connectivity index (χ2n) is 6.04. The Morgan fingerprint density at radius 1 is 1.23 bits per heavy atom. The van der Waals surface area contributed by atoms with E-state index in [2.05, 4.69) is 16.4 Å². The summed E-state index contributed by atoms with van der Waals surface area (Å²) in [6, 6.07) is 15.2. The molecule has 150 valence electrons. The summed E-state index contributed by atoms with van der Waals surface area (Å²) < 4.78 is 5.11. The average Bonchev–Trinajstić information content (AvgIpc) is 3.30. The number of hydrogen-bond donors (Lipinski definition) is 2. The normalized spacial score (nSPS) is 10.1. The molecule has 0 saturated heterocycles. The van der Waals surface area contributed by atoms with E-state index in [4.69, 9.17) is 10.5 Å². The molecule has 0 unspecified atom stereocenters. The Morgan fingerprint density at radius 2 is 1.97 bits per heavy atom. The number of amides is 1. The van der Waals surface area contributed by atoms with E-state index < -0.39 is 0 Å². The van der Waals surface area contributed by atoms with Gasteiger partial charge in [-0.15, -0.1) is 11.3 Å². The smallest absolute Gasteiger partial charge is 0.230 e. The van der Waals surface area contributed by atoms with Crippen LogP contribution in [0.2, 0.25) is 0 Å². The number of carbonyl (C=O) groups is 1. The zero-order valence-corrected chi connectivity index (χ0v) is 17.6. The number of thioether (sulfide) groups is 1. The van der Waals surface area contributed by atoms with E-state index in [1.165, 1.54) is 11.3 Å². The van der Waals surface area contributed by atoms with Crippen LogP contribution in [0.4, 0.5) is 5.82 Å². The van der Waals surface area contributed by atoms with E-state index >= 15 is 0 Å². The lowest BCUT2D eigenvalue weighted by Crippen LogP contribution is -2.24. The highest BCUT2D eigenvalue weighted by Crippen LogP contribution is 2.37. The van der Waals surface area contributed by atoms with E-state index in [-0.39, 0.29) is 28.6 Å². The molecule has 1 aromatic carbocycles. The number of carbonyl (C=O) groups excluding carboxylic acids is 1. The van der Waals surface area contributed by atoms with Crippen molar-refractivity contribution in [3.8, 4) is 28.3 Å². The molecule has 0 bridgehead atoms. The molecule has 3 N–H and O–H groups in total. The Labute approximate surface area is 182 Å². The van der Waals surface area contributed by atoms with Crippen molar-refractivity contribution in [3.05, 3.63) is 58.5 Å². The fraction of sp³-hybridized carbons (Fsp3) is 0.143. The third-order valence-corrected chi connectivity index (χ3v) is 6.03. The molecule has 0 atom stereocenters. The van der Waals surface area contributed by atoms with Gasteiger partial charge in [0.05, 0.1) is 18.4 Å². The molecule has 1 amide bonds. The average molecular weight is 436 g/mol. The van der Waals surface area contributed by atoms with Crippen LogP contribution in [0.15, 0.2) is 46.8 Å². The number of pyridine rings is 1. The number of nitrogens with one attached hydrogen (secondary N) is 1. The van der Waals surface area contributed by atoms with E-state index in [9.17, 15) is 15.3 Å². The maximum absolute atomic E-state index is 12.3. The van der Waals surface area contributed by atoms with Gasteiger partial charge in [-0.25, -0.2) is 4.98 Å². The Hall–Kier alpha value is -3.53. The van der Waals surface area contributed by atoms with Crippen molar-refractivity contribution in [2.45, 2.75) is 11.6 Å². The fourth-order valence-corrected chi connectivity index (χ4v) is 4.31. The zero-order valence-electron chi connectivity index (χ0n) is 16.0. The second kappa shape index (κ2) is 9.79. The number of hydrogen-bond acceptors (Lipinski definition) is 8.